The summed E-state index contributed by atoms with van der Waals surface area (Å²) in [5, 5.41) is 14.0. The molecule has 126 valence electrons. The minimum Gasteiger partial charge on any atom is -0.497 e. The van der Waals surface area contributed by atoms with E-state index in [9.17, 15) is 9.90 Å². The molecule has 1 heterocycles. The molecule has 3 N–H and O–H groups in total. The quantitative estimate of drug-likeness (QED) is 0.808. The molecule has 1 aromatic carbocycles. The molecule has 6 heteroatoms. The minimum atomic E-state index is -1.28. The number of aliphatic hydroxyl groups is 1. The molecule has 0 spiro atoms. The number of ether oxygens (including phenoxy) is 2. The zero-order valence-electron chi connectivity index (χ0n) is 14.4. The van der Waals surface area contributed by atoms with Gasteiger partial charge in [-0.3, -0.25) is 4.79 Å². The molecule has 1 amide bonds. The van der Waals surface area contributed by atoms with Crippen molar-refractivity contribution in [3.63, 3.8) is 0 Å². The summed E-state index contributed by atoms with van der Waals surface area (Å²) in [6, 6.07) is 3.58. The van der Waals surface area contributed by atoms with E-state index in [1.807, 2.05) is 33.8 Å². The van der Waals surface area contributed by atoms with Gasteiger partial charge in [0.1, 0.15) is 11.5 Å². The van der Waals surface area contributed by atoms with Crippen LogP contribution in [0.25, 0.3) is 10.9 Å². The summed E-state index contributed by atoms with van der Waals surface area (Å²) >= 11 is 0. The van der Waals surface area contributed by atoms with E-state index in [2.05, 4.69) is 10.3 Å². The molecule has 2 rings (SSSR count). The SMILES string of the molecule is COc1cc(OC)c2c(C)c(C(O)C(=O)NC(C)(C)C)[nH]c2c1. The zero-order chi connectivity index (χ0) is 17.4. The van der Waals surface area contributed by atoms with Crippen molar-refractivity contribution < 1.29 is 19.4 Å². The molecule has 1 atom stereocenters. The van der Waals surface area contributed by atoms with Crippen LogP contribution < -0.4 is 14.8 Å². The third-order valence-electron chi connectivity index (χ3n) is 3.60. The first kappa shape index (κ1) is 17.1. The van der Waals surface area contributed by atoms with Crippen LogP contribution in [0.1, 0.15) is 38.1 Å². The number of rotatable bonds is 4. The summed E-state index contributed by atoms with van der Waals surface area (Å²) in [6.07, 6.45) is -1.28. The number of aliphatic hydroxyl groups excluding tert-OH is 1. The Morgan fingerprint density at radius 2 is 1.91 bits per heavy atom. The van der Waals surface area contributed by atoms with E-state index < -0.39 is 17.6 Å². The number of nitrogens with one attached hydrogen (secondary N) is 2. The highest BCUT2D eigenvalue weighted by atomic mass is 16.5. The second-order valence-corrected chi connectivity index (χ2v) is 6.56. The largest absolute Gasteiger partial charge is 0.497 e. The summed E-state index contributed by atoms with van der Waals surface area (Å²) in [6.45, 7) is 7.44. The van der Waals surface area contributed by atoms with Crippen LogP contribution in [0.5, 0.6) is 11.5 Å². The molecule has 0 aliphatic heterocycles. The molecule has 6 nitrogen and oxygen atoms in total. The molecule has 0 bridgehead atoms. The van der Waals surface area contributed by atoms with Gasteiger partial charge in [0, 0.05) is 23.1 Å². The van der Waals surface area contributed by atoms with Crippen molar-refractivity contribution in [1.29, 1.82) is 0 Å². The fraction of sp³-hybridized carbons (Fsp3) is 0.471. The van der Waals surface area contributed by atoms with Crippen LogP contribution in [0, 0.1) is 6.92 Å². The van der Waals surface area contributed by atoms with Gasteiger partial charge in [0.05, 0.1) is 25.4 Å². The van der Waals surface area contributed by atoms with Crippen LogP contribution in [0.4, 0.5) is 0 Å². The van der Waals surface area contributed by atoms with Gasteiger partial charge in [-0.25, -0.2) is 0 Å². The molecule has 1 aromatic heterocycles. The minimum absolute atomic E-state index is 0.418. The second-order valence-electron chi connectivity index (χ2n) is 6.56. The molecule has 0 radical (unpaired) electrons. The lowest BCUT2D eigenvalue weighted by molar-refractivity contribution is -0.131. The van der Waals surface area contributed by atoms with E-state index in [1.54, 1.807) is 20.3 Å². The lowest BCUT2D eigenvalue weighted by Gasteiger charge is -2.22. The summed E-state index contributed by atoms with van der Waals surface area (Å²) in [7, 11) is 3.14. The number of hydrogen-bond acceptors (Lipinski definition) is 4. The predicted octanol–water partition coefficient (Wildman–Crippen LogP) is 2.44. The van der Waals surface area contributed by atoms with Crippen LogP contribution in [0.3, 0.4) is 0 Å². The molecule has 2 aromatic rings. The highest BCUT2D eigenvalue weighted by Crippen LogP contribution is 2.36. The van der Waals surface area contributed by atoms with E-state index >= 15 is 0 Å². The van der Waals surface area contributed by atoms with Crippen LogP contribution in [-0.2, 0) is 4.79 Å². The summed E-state index contributed by atoms with van der Waals surface area (Å²) < 4.78 is 10.6. The Morgan fingerprint density at radius 1 is 1.26 bits per heavy atom. The van der Waals surface area contributed by atoms with Gasteiger partial charge in [0.15, 0.2) is 6.10 Å². The molecule has 0 aliphatic rings. The van der Waals surface area contributed by atoms with Gasteiger partial charge >= 0.3 is 0 Å². The zero-order valence-corrected chi connectivity index (χ0v) is 14.4. The highest BCUT2D eigenvalue weighted by Gasteiger charge is 2.26. The number of methoxy groups -OCH3 is 2. The third kappa shape index (κ3) is 3.42. The maximum atomic E-state index is 12.2. The topological polar surface area (TPSA) is 83.6 Å². The maximum absolute atomic E-state index is 12.2. The summed E-state index contributed by atoms with van der Waals surface area (Å²) in [5.74, 6) is 0.816. The van der Waals surface area contributed by atoms with Crippen molar-refractivity contribution in [3.8, 4) is 11.5 Å². The number of aromatic amines is 1. The van der Waals surface area contributed by atoms with Crippen LogP contribution >= 0.6 is 0 Å². The molecule has 0 saturated carbocycles. The molecule has 0 saturated heterocycles. The molecule has 23 heavy (non-hydrogen) atoms. The van der Waals surface area contributed by atoms with Crippen molar-refractivity contribution in [2.24, 2.45) is 0 Å². The predicted molar refractivity (Wildman–Crippen MR) is 89.0 cm³/mol. The molecule has 0 aliphatic carbocycles. The number of aryl methyl sites for hydroxylation is 1. The fourth-order valence-electron chi connectivity index (χ4n) is 2.57. The number of fused-ring (bicyclic) bond motifs is 1. The number of carbonyl (C=O) groups is 1. The van der Waals surface area contributed by atoms with Gasteiger partial charge in [-0.05, 0) is 33.3 Å². The molecule has 1 unspecified atom stereocenters. The van der Waals surface area contributed by atoms with Gasteiger partial charge in [0.25, 0.3) is 5.91 Å². The second kappa shape index (κ2) is 6.12. The van der Waals surface area contributed by atoms with Crippen LogP contribution in [-0.4, -0.2) is 35.8 Å². The summed E-state index contributed by atoms with van der Waals surface area (Å²) in [5.41, 5.74) is 1.56. The summed E-state index contributed by atoms with van der Waals surface area (Å²) in [4.78, 5) is 15.3. The maximum Gasteiger partial charge on any atom is 0.255 e. The Kier molecular flexibility index (Phi) is 4.56. The van der Waals surface area contributed by atoms with E-state index in [0.29, 0.717) is 17.2 Å². The Hall–Kier alpha value is -2.21. The van der Waals surface area contributed by atoms with E-state index in [-0.39, 0.29) is 0 Å². The van der Waals surface area contributed by atoms with Crippen molar-refractivity contribution in [1.82, 2.24) is 10.3 Å². The van der Waals surface area contributed by atoms with Crippen LogP contribution in [0.2, 0.25) is 0 Å². The van der Waals surface area contributed by atoms with E-state index in [0.717, 1.165) is 16.5 Å². The number of carbonyl (C=O) groups excluding carboxylic acids is 1. The van der Waals surface area contributed by atoms with Crippen LogP contribution in [0.15, 0.2) is 12.1 Å². The molecule has 0 fully saturated rings. The number of amides is 1. The Labute approximate surface area is 135 Å². The smallest absolute Gasteiger partial charge is 0.255 e. The van der Waals surface area contributed by atoms with E-state index in [1.165, 1.54) is 0 Å². The Bertz CT molecular complexity index is 728. The number of aromatic nitrogens is 1. The molecular formula is C17H24N2O4. The van der Waals surface area contributed by atoms with Gasteiger partial charge in [-0.15, -0.1) is 0 Å². The standard InChI is InChI=1S/C17H24N2O4/c1-9-13-11(7-10(22-5)8-12(13)23-6)18-14(9)15(20)16(21)19-17(2,3)4/h7-8,15,18,20H,1-6H3,(H,19,21). The number of H-pyrrole nitrogens is 1. The lowest BCUT2D eigenvalue weighted by Crippen LogP contribution is -2.43. The van der Waals surface area contributed by atoms with Crippen molar-refractivity contribution in [3.05, 3.63) is 23.4 Å². The first-order chi connectivity index (χ1) is 10.7. The number of hydrogen-bond donors (Lipinski definition) is 3. The highest BCUT2D eigenvalue weighted by molar-refractivity contribution is 5.94. The number of benzene rings is 1. The van der Waals surface area contributed by atoms with Crippen molar-refractivity contribution in [2.75, 3.05) is 14.2 Å². The first-order valence-electron chi connectivity index (χ1n) is 7.42. The van der Waals surface area contributed by atoms with Crippen molar-refractivity contribution in [2.45, 2.75) is 39.3 Å². The van der Waals surface area contributed by atoms with Gasteiger partial charge in [0.2, 0.25) is 0 Å². The lowest BCUT2D eigenvalue weighted by atomic mass is 10.1. The van der Waals surface area contributed by atoms with Crippen molar-refractivity contribution >= 4 is 16.8 Å². The Balaban J connectivity index is 2.50. The van der Waals surface area contributed by atoms with Gasteiger partial charge in [-0.1, -0.05) is 0 Å². The fourth-order valence-corrected chi connectivity index (χ4v) is 2.57. The van der Waals surface area contributed by atoms with E-state index in [4.69, 9.17) is 9.47 Å². The monoisotopic (exact) mass is 320 g/mol. The first-order valence-corrected chi connectivity index (χ1v) is 7.42. The Morgan fingerprint density at radius 3 is 2.43 bits per heavy atom. The van der Waals surface area contributed by atoms with Gasteiger partial charge < -0.3 is 24.9 Å². The normalized spacial score (nSPS) is 13.0. The van der Waals surface area contributed by atoms with Gasteiger partial charge in [-0.2, -0.15) is 0 Å². The average molecular weight is 320 g/mol. The molecular weight excluding hydrogens is 296 g/mol. The third-order valence-corrected chi connectivity index (χ3v) is 3.60. The average Bonchev–Trinajstić information content (AvgIpc) is 2.80.